The van der Waals surface area contributed by atoms with Crippen molar-refractivity contribution in [2.24, 2.45) is 0 Å². The first-order valence-corrected chi connectivity index (χ1v) is 11.5. The Morgan fingerprint density at radius 2 is 1.58 bits per heavy atom. The number of aryl methyl sites for hydroxylation is 2. The summed E-state index contributed by atoms with van der Waals surface area (Å²) in [5.74, 6) is 0.499. The van der Waals surface area contributed by atoms with Crippen LogP contribution in [0.3, 0.4) is 0 Å². The molecule has 0 bridgehead atoms. The first kappa shape index (κ1) is 21.3. The molecule has 0 fully saturated rings. The van der Waals surface area contributed by atoms with E-state index < -0.39 is 0 Å². The number of benzene rings is 3. The van der Waals surface area contributed by atoms with E-state index in [1.807, 2.05) is 61.7 Å². The molecule has 6 heteroatoms. The van der Waals surface area contributed by atoms with E-state index in [0.717, 1.165) is 38.2 Å². The smallest absolute Gasteiger partial charge is 0.264 e. The fourth-order valence-corrected chi connectivity index (χ4v) is 4.77. The van der Waals surface area contributed by atoms with E-state index in [2.05, 4.69) is 50.5 Å². The van der Waals surface area contributed by atoms with Gasteiger partial charge in [-0.1, -0.05) is 70.5 Å². The van der Waals surface area contributed by atoms with Crippen LogP contribution in [-0.2, 0) is 4.79 Å². The number of anilines is 1. The van der Waals surface area contributed by atoms with Gasteiger partial charge in [-0.3, -0.25) is 10.1 Å². The Hall–Kier alpha value is -2.96. The average molecular weight is 493 g/mol. The van der Waals surface area contributed by atoms with Crippen LogP contribution in [0.4, 0.5) is 5.13 Å². The molecule has 4 rings (SSSR count). The molecule has 156 valence electrons. The molecular weight excluding hydrogens is 472 g/mol. The van der Waals surface area contributed by atoms with Gasteiger partial charge in [0.2, 0.25) is 0 Å². The molecule has 0 radical (unpaired) electrons. The van der Waals surface area contributed by atoms with E-state index in [0.29, 0.717) is 5.13 Å². The summed E-state index contributed by atoms with van der Waals surface area (Å²) in [6.45, 7) is 3.85. The van der Waals surface area contributed by atoms with Gasteiger partial charge in [-0.05, 0) is 48.2 Å². The van der Waals surface area contributed by atoms with E-state index >= 15 is 0 Å². The molecule has 1 aromatic heterocycles. The molecule has 4 aromatic rings. The van der Waals surface area contributed by atoms with E-state index in [1.165, 1.54) is 16.9 Å². The van der Waals surface area contributed by atoms with Crippen LogP contribution in [-0.4, -0.2) is 17.5 Å². The van der Waals surface area contributed by atoms with Crippen molar-refractivity contribution in [2.75, 3.05) is 11.9 Å². The summed E-state index contributed by atoms with van der Waals surface area (Å²) in [5, 5.41) is 5.32. The number of rotatable bonds is 6. The average Bonchev–Trinajstić information content (AvgIpc) is 3.22. The van der Waals surface area contributed by atoms with Crippen LogP contribution in [0, 0.1) is 13.8 Å². The third-order valence-corrected chi connectivity index (χ3v) is 6.03. The van der Waals surface area contributed by atoms with E-state index in [9.17, 15) is 4.79 Å². The molecule has 0 saturated carbocycles. The van der Waals surface area contributed by atoms with Crippen LogP contribution in [0.1, 0.15) is 11.1 Å². The summed E-state index contributed by atoms with van der Waals surface area (Å²) in [5.41, 5.74) is 6.14. The van der Waals surface area contributed by atoms with Gasteiger partial charge >= 0.3 is 0 Å². The number of amides is 1. The topological polar surface area (TPSA) is 51.2 Å². The maximum Gasteiger partial charge on any atom is 0.264 e. The minimum atomic E-state index is -0.234. The van der Waals surface area contributed by atoms with Crippen LogP contribution < -0.4 is 10.1 Å². The Kier molecular flexibility index (Phi) is 6.49. The molecule has 4 nitrogen and oxygen atoms in total. The van der Waals surface area contributed by atoms with E-state index in [1.54, 1.807) is 0 Å². The maximum absolute atomic E-state index is 12.3. The predicted molar refractivity (Wildman–Crippen MR) is 131 cm³/mol. The number of nitrogens with one attached hydrogen (secondary N) is 1. The standard InChI is InChI=1S/C25H21BrN2O2S/c1-16-12-21(26)13-17(2)24(16)30-14-23(29)28-25-27-22(15-31-25)20-10-8-19(9-11-20)18-6-4-3-5-7-18/h3-13,15H,14H2,1-2H3,(H,27,28,29). The van der Waals surface area contributed by atoms with Gasteiger partial charge in [0, 0.05) is 15.4 Å². The number of halogens is 1. The lowest BCUT2D eigenvalue weighted by molar-refractivity contribution is -0.118. The molecule has 1 N–H and O–H groups in total. The van der Waals surface area contributed by atoms with Gasteiger partial charge in [-0.15, -0.1) is 11.3 Å². The molecule has 0 aliphatic carbocycles. The van der Waals surface area contributed by atoms with Gasteiger partial charge in [-0.2, -0.15) is 0 Å². The zero-order valence-electron chi connectivity index (χ0n) is 17.2. The van der Waals surface area contributed by atoms with Crippen molar-refractivity contribution in [1.82, 2.24) is 4.98 Å². The summed E-state index contributed by atoms with van der Waals surface area (Å²) >= 11 is 4.87. The number of thiazole rings is 1. The quantitative estimate of drug-likeness (QED) is 0.319. The van der Waals surface area contributed by atoms with Gasteiger partial charge in [-0.25, -0.2) is 4.98 Å². The number of ether oxygens (including phenoxy) is 1. The zero-order chi connectivity index (χ0) is 21.8. The number of nitrogens with zero attached hydrogens (tertiary/aromatic N) is 1. The number of carbonyl (C=O) groups excluding carboxylic acids is 1. The maximum atomic E-state index is 12.3. The SMILES string of the molecule is Cc1cc(Br)cc(C)c1OCC(=O)Nc1nc(-c2ccc(-c3ccccc3)cc2)cs1. The molecule has 0 spiro atoms. The molecule has 0 saturated heterocycles. The highest BCUT2D eigenvalue weighted by molar-refractivity contribution is 9.10. The summed E-state index contributed by atoms with van der Waals surface area (Å²) in [6.07, 6.45) is 0. The normalized spacial score (nSPS) is 10.7. The second kappa shape index (κ2) is 9.45. The first-order valence-electron chi connectivity index (χ1n) is 9.80. The lowest BCUT2D eigenvalue weighted by Gasteiger charge is -2.12. The van der Waals surface area contributed by atoms with Crippen LogP contribution in [0.15, 0.2) is 76.6 Å². The number of hydrogen-bond acceptors (Lipinski definition) is 4. The number of carbonyl (C=O) groups is 1. The molecule has 0 atom stereocenters. The Balaban J connectivity index is 1.38. The summed E-state index contributed by atoms with van der Waals surface area (Å²) in [4.78, 5) is 16.9. The highest BCUT2D eigenvalue weighted by Crippen LogP contribution is 2.29. The number of aromatic nitrogens is 1. The van der Waals surface area contributed by atoms with Gasteiger partial charge in [0.25, 0.3) is 5.91 Å². The van der Waals surface area contributed by atoms with Crippen LogP contribution in [0.5, 0.6) is 5.75 Å². The van der Waals surface area contributed by atoms with E-state index in [-0.39, 0.29) is 12.5 Å². The molecule has 3 aromatic carbocycles. The molecule has 1 heterocycles. The van der Waals surface area contributed by atoms with Crippen molar-refractivity contribution in [2.45, 2.75) is 13.8 Å². The van der Waals surface area contributed by atoms with Crippen molar-refractivity contribution >= 4 is 38.3 Å². The van der Waals surface area contributed by atoms with Crippen molar-refractivity contribution in [3.63, 3.8) is 0 Å². The summed E-state index contributed by atoms with van der Waals surface area (Å²) in [7, 11) is 0. The molecule has 0 unspecified atom stereocenters. The van der Waals surface area contributed by atoms with Crippen molar-refractivity contribution in [3.05, 3.63) is 87.7 Å². The lowest BCUT2D eigenvalue weighted by Crippen LogP contribution is -2.20. The minimum absolute atomic E-state index is 0.0655. The third kappa shape index (κ3) is 5.21. The molecule has 31 heavy (non-hydrogen) atoms. The van der Waals surface area contributed by atoms with Crippen molar-refractivity contribution in [1.29, 1.82) is 0 Å². The third-order valence-electron chi connectivity index (χ3n) is 4.81. The van der Waals surface area contributed by atoms with Crippen molar-refractivity contribution < 1.29 is 9.53 Å². The summed E-state index contributed by atoms with van der Waals surface area (Å²) in [6, 6.07) is 22.4. The second-order valence-corrected chi connectivity index (χ2v) is 8.96. The highest BCUT2D eigenvalue weighted by atomic mass is 79.9. The zero-order valence-corrected chi connectivity index (χ0v) is 19.6. The second-order valence-electron chi connectivity index (χ2n) is 7.19. The Labute approximate surface area is 194 Å². The van der Waals surface area contributed by atoms with Crippen LogP contribution in [0.25, 0.3) is 22.4 Å². The molecule has 0 aliphatic rings. The number of hydrogen-bond donors (Lipinski definition) is 1. The van der Waals surface area contributed by atoms with Crippen LogP contribution in [0.2, 0.25) is 0 Å². The van der Waals surface area contributed by atoms with Gasteiger partial charge in [0.15, 0.2) is 11.7 Å². The fourth-order valence-electron chi connectivity index (χ4n) is 3.35. The van der Waals surface area contributed by atoms with Crippen molar-refractivity contribution in [3.8, 4) is 28.1 Å². The minimum Gasteiger partial charge on any atom is -0.483 e. The van der Waals surface area contributed by atoms with Crippen LogP contribution >= 0.6 is 27.3 Å². The largest absolute Gasteiger partial charge is 0.483 e. The fraction of sp³-hybridized carbons (Fsp3) is 0.120. The van der Waals surface area contributed by atoms with Gasteiger partial charge < -0.3 is 4.74 Å². The molecular formula is C25H21BrN2O2S. The molecule has 0 aliphatic heterocycles. The summed E-state index contributed by atoms with van der Waals surface area (Å²) < 4.78 is 6.74. The van der Waals surface area contributed by atoms with Gasteiger partial charge in [0.1, 0.15) is 5.75 Å². The monoisotopic (exact) mass is 492 g/mol. The first-order chi connectivity index (χ1) is 15.0. The lowest BCUT2D eigenvalue weighted by atomic mass is 10.0. The Bertz CT molecular complexity index is 1180. The van der Waals surface area contributed by atoms with Gasteiger partial charge in [0.05, 0.1) is 5.69 Å². The highest BCUT2D eigenvalue weighted by Gasteiger charge is 2.11. The molecule has 1 amide bonds. The van der Waals surface area contributed by atoms with E-state index in [4.69, 9.17) is 4.74 Å². The Morgan fingerprint density at radius 1 is 0.968 bits per heavy atom. The Morgan fingerprint density at radius 3 is 2.26 bits per heavy atom. The predicted octanol–water partition coefficient (Wildman–Crippen LogP) is 6.87.